The Labute approximate surface area is 575 Å². The number of phosphoric ester groups is 2. The van der Waals surface area contributed by atoms with Gasteiger partial charge in [-0.05, 0) is 37.5 Å². The molecule has 558 valence electrons. The minimum absolute atomic E-state index is 0.103. The van der Waals surface area contributed by atoms with Crippen LogP contribution in [0, 0.1) is 11.8 Å². The van der Waals surface area contributed by atoms with E-state index >= 15 is 0 Å². The molecule has 5 atom stereocenters. The summed E-state index contributed by atoms with van der Waals surface area (Å²) in [6.07, 6.45) is 54.8. The first kappa shape index (κ1) is 92.1. The molecule has 2 unspecified atom stereocenters. The van der Waals surface area contributed by atoms with E-state index in [9.17, 15) is 43.2 Å². The van der Waals surface area contributed by atoms with Crippen molar-refractivity contribution >= 4 is 39.5 Å². The smallest absolute Gasteiger partial charge is 0.462 e. The maximum absolute atomic E-state index is 13.1. The Balaban J connectivity index is 5.11. The Bertz CT molecular complexity index is 1820. The summed E-state index contributed by atoms with van der Waals surface area (Å²) in [5.41, 5.74) is 0. The zero-order valence-corrected chi connectivity index (χ0v) is 63.1. The summed E-state index contributed by atoms with van der Waals surface area (Å²) >= 11 is 0. The van der Waals surface area contributed by atoms with E-state index < -0.39 is 97.5 Å². The number of phosphoric acid groups is 2. The zero-order valence-electron chi connectivity index (χ0n) is 61.3. The van der Waals surface area contributed by atoms with Crippen molar-refractivity contribution in [3.05, 3.63) is 0 Å². The first-order chi connectivity index (χ1) is 45.4. The molecule has 0 amide bonds. The highest BCUT2D eigenvalue weighted by molar-refractivity contribution is 7.47. The van der Waals surface area contributed by atoms with Crippen LogP contribution in [0.4, 0.5) is 0 Å². The third-order valence-corrected chi connectivity index (χ3v) is 19.4. The molecule has 0 saturated carbocycles. The van der Waals surface area contributed by atoms with Crippen LogP contribution in [-0.4, -0.2) is 96.7 Å². The molecule has 3 N–H and O–H groups in total. The minimum atomic E-state index is -4.95. The lowest BCUT2D eigenvalue weighted by molar-refractivity contribution is -0.161. The average molecular weight is 1380 g/mol. The third kappa shape index (κ3) is 68.6. The van der Waals surface area contributed by atoms with Gasteiger partial charge in [-0.15, -0.1) is 0 Å². The van der Waals surface area contributed by atoms with E-state index in [4.69, 9.17) is 37.0 Å². The maximum Gasteiger partial charge on any atom is 0.472 e. The van der Waals surface area contributed by atoms with E-state index in [1.807, 2.05) is 0 Å². The van der Waals surface area contributed by atoms with E-state index in [1.54, 1.807) is 0 Å². The molecule has 19 heteroatoms. The van der Waals surface area contributed by atoms with Crippen LogP contribution in [0.1, 0.15) is 388 Å². The number of aliphatic hydroxyl groups excluding tert-OH is 1. The SMILES string of the molecule is CCCCCCCCCCCCCCCCCCCCC(=O)OC[C@H](COP(=O)(O)OC[C@@H](O)COP(=O)(O)OC[C@@H](COC(=O)CCCCCCC)OC(=O)CCCCCCCCCC(C)C)OC(=O)CCCCCCCCCCCCCCCCCCCCC(C)C. The van der Waals surface area contributed by atoms with E-state index in [2.05, 4.69) is 41.5 Å². The number of ether oxygens (including phenoxy) is 4. The van der Waals surface area contributed by atoms with Crippen LogP contribution in [0.15, 0.2) is 0 Å². The van der Waals surface area contributed by atoms with Gasteiger partial charge in [0.05, 0.1) is 26.4 Å². The highest BCUT2D eigenvalue weighted by Crippen LogP contribution is 2.45. The Morgan fingerprint density at radius 1 is 0.287 bits per heavy atom. The largest absolute Gasteiger partial charge is 0.472 e. The number of unbranched alkanes of at least 4 members (excludes halogenated alkanes) is 44. The number of hydrogen-bond acceptors (Lipinski definition) is 15. The van der Waals surface area contributed by atoms with Gasteiger partial charge in [-0.1, -0.05) is 337 Å². The Morgan fingerprint density at radius 2 is 0.489 bits per heavy atom. The van der Waals surface area contributed by atoms with Crippen molar-refractivity contribution in [1.82, 2.24) is 0 Å². The van der Waals surface area contributed by atoms with Crippen molar-refractivity contribution in [1.29, 1.82) is 0 Å². The lowest BCUT2D eigenvalue weighted by Gasteiger charge is -2.21. The molecule has 0 aliphatic rings. The minimum Gasteiger partial charge on any atom is -0.462 e. The summed E-state index contributed by atoms with van der Waals surface area (Å²) in [7, 11) is -9.90. The van der Waals surface area contributed by atoms with Crippen LogP contribution >= 0.6 is 15.6 Å². The van der Waals surface area contributed by atoms with Gasteiger partial charge >= 0.3 is 39.5 Å². The second kappa shape index (κ2) is 66.9. The number of aliphatic hydroxyl groups is 1. The maximum atomic E-state index is 13.1. The molecule has 17 nitrogen and oxygen atoms in total. The van der Waals surface area contributed by atoms with Crippen LogP contribution in [0.2, 0.25) is 0 Å². The molecular weight excluding hydrogens is 1230 g/mol. The van der Waals surface area contributed by atoms with Crippen LogP contribution in [-0.2, 0) is 65.4 Å². The second-order valence-corrected chi connectivity index (χ2v) is 30.9. The van der Waals surface area contributed by atoms with Gasteiger partial charge in [-0.25, -0.2) is 9.13 Å². The van der Waals surface area contributed by atoms with E-state index in [1.165, 1.54) is 199 Å². The van der Waals surface area contributed by atoms with Crippen molar-refractivity contribution in [3.63, 3.8) is 0 Å². The van der Waals surface area contributed by atoms with E-state index in [0.29, 0.717) is 31.6 Å². The number of hydrogen-bond donors (Lipinski definition) is 3. The van der Waals surface area contributed by atoms with Gasteiger partial charge < -0.3 is 33.8 Å². The monoisotopic (exact) mass is 1380 g/mol. The fraction of sp³-hybridized carbons (Fsp3) is 0.947. The van der Waals surface area contributed by atoms with Gasteiger partial charge in [0.1, 0.15) is 19.3 Å². The van der Waals surface area contributed by atoms with Crippen molar-refractivity contribution in [2.45, 2.75) is 407 Å². The summed E-state index contributed by atoms with van der Waals surface area (Å²) in [6.45, 7) is 9.46. The normalized spacial score (nSPS) is 14.0. The lowest BCUT2D eigenvalue weighted by Crippen LogP contribution is -2.30. The highest BCUT2D eigenvalue weighted by Gasteiger charge is 2.30. The summed E-state index contributed by atoms with van der Waals surface area (Å²) in [6, 6.07) is 0. The Hall–Kier alpha value is -1.94. The average Bonchev–Trinajstić information content (AvgIpc) is 1.16. The predicted octanol–water partition coefficient (Wildman–Crippen LogP) is 21.9. The Morgan fingerprint density at radius 3 is 0.723 bits per heavy atom. The summed E-state index contributed by atoms with van der Waals surface area (Å²) in [4.78, 5) is 72.4. The molecule has 0 aliphatic heterocycles. The van der Waals surface area contributed by atoms with Gasteiger partial charge in [0, 0.05) is 25.7 Å². The molecule has 0 aromatic carbocycles. The number of carbonyl (C=O) groups excluding carboxylic acids is 4. The lowest BCUT2D eigenvalue weighted by atomic mass is 10.0. The van der Waals surface area contributed by atoms with E-state index in [0.717, 1.165) is 102 Å². The molecule has 0 heterocycles. The van der Waals surface area contributed by atoms with Crippen LogP contribution < -0.4 is 0 Å². The van der Waals surface area contributed by atoms with Crippen LogP contribution in [0.3, 0.4) is 0 Å². The molecule has 0 rings (SSSR count). The molecule has 0 radical (unpaired) electrons. The Kier molecular flexibility index (Phi) is 65.5. The second-order valence-electron chi connectivity index (χ2n) is 28.0. The summed E-state index contributed by atoms with van der Waals surface area (Å²) < 4.78 is 68.2. The standard InChI is InChI=1S/C75H146O17P2/c1-7-9-11-13-14-15-16-17-18-19-23-26-29-32-35-40-46-52-58-73(78)86-64-71(92-74(79)59-53-47-41-36-33-30-27-24-21-20-22-25-28-31-34-38-44-49-55-67(3)4)66-90-94(83,84)88-62-69(76)61-87-93(81,82)89-65-70(63-85-72(77)57-51-43-12-10-8-2)91-75(80)60-54-48-42-37-39-45-50-56-68(5)6/h67-71,76H,7-66H2,1-6H3,(H,81,82)(H,83,84)/t69-,70+,71+/m0/s1. The van der Waals surface area contributed by atoms with Gasteiger partial charge in [0.25, 0.3) is 0 Å². The first-order valence-electron chi connectivity index (χ1n) is 39.0. The summed E-state index contributed by atoms with van der Waals surface area (Å²) in [5.74, 6) is -0.615. The van der Waals surface area contributed by atoms with Gasteiger partial charge in [-0.3, -0.25) is 37.3 Å². The summed E-state index contributed by atoms with van der Waals surface area (Å²) in [5, 5.41) is 10.6. The molecule has 0 aromatic heterocycles. The van der Waals surface area contributed by atoms with Crippen LogP contribution in [0.25, 0.3) is 0 Å². The molecule has 0 saturated heterocycles. The van der Waals surface area contributed by atoms with E-state index in [-0.39, 0.29) is 25.7 Å². The third-order valence-electron chi connectivity index (χ3n) is 17.5. The number of carbonyl (C=O) groups is 4. The number of esters is 4. The fourth-order valence-electron chi connectivity index (χ4n) is 11.5. The van der Waals surface area contributed by atoms with Crippen molar-refractivity contribution in [3.8, 4) is 0 Å². The fourth-order valence-corrected chi connectivity index (χ4v) is 13.1. The number of rotatable bonds is 74. The highest BCUT2D eigenvalue weighted by atomic mass is 31.2. The van der Waals surface area contributed by atoms with Gasteiger partial charge in [0.15, 0.2) is 12.2 Å². The van der Waals surface area contributed by atoms with Gasteiger partial charge in [0.2, 0.25) is 0 Å². The predicted molar refractivity (Wildman–Crippen MR) is 381 cm³/mol. The first-order valence-corrected chi connectivity index (χ1v) is 42.0. The van der Waals surface area contributed by atoms with Crippen molar-refractivity contribution < 1.29 is 80.2 Å². The van der Waals surface area contributed by atoms with Crippen LogP contribution in [0.5, 0.6) is 0 Å². The zero-order chi connectivity index (χ0) is 69.3. The van der Waals surface area contributed by atoms with Crippen molar-refractivity contribution in [2.24, 2.45) is 11.8 Å². The molecule has 0 aliphatic carbocycles. The molecule has 94 heavy (non-hydrogen) atoms. The molecule has 0 aromatic rings. The molecule has 0 bridgehead atoms. The van der Waals surface area contributed by atoms with Crippen molar-refractivity contribution in [2.75, 3.05) is 39.6 Å². The topological polar surface area (TPSA) is 237 Å². The molecule has 0 spiro atoms. The molecule has 0 fully saturated rings. The quantitative estimate of drug-likeness (QED) is 0.0222. The molecular formula is C75H146O17P2. The van der Waals surface area contributed by atoms with Gasteiger partial charge in [-0.2, -0.15) is 0 Å².